The van der Waals surface area contributed by atoms with Crippen LogP contribution in [0.5, 0.6) is 0 Å². The second kappa shape index (κ2) is 5.27. The molecule has 96 valence electrons. The number of hydrogen-bond acceptors (Lipinski definition) is 2. The summed E-state index contributed by atoms with van der Waals surface area (Å²) in [6.45, 7) is 0.288. The van der Waals surface area contributed by atoms with Crippen molar-refractivity contribution >= 4 is 15.3 Å². The Bertz CT molecular complexity index is 323. The highest BCUT2D eigenvalue weighted by atomic mass is 31.2. The zero-order valence-electron chi connectivity index (χ0n) is 8.77. The fraction of sp³-hybridized carbons (Fsp3) is 1.00. The van der Waals surface area contributed by atoms with E-state index in [0.29, 0.717) is 12.8 Å². The standard InChI is InChI=1S/C7H17NO6P2/c9-15(10,11)6-4-7-3-1-2-5-8(7)16(12,13)14/h7H,1-6H2,(H2,9,10,11)(H2,12,13,14). The van der Waals surface area contributed by atoms with E-state index >= 15 is 0 Å². The molecule has 1 aliphatic heterocycles. The quantitative estimate of drug-likeness (QED) is 0.551. The van der Waals surface area contributed by atoms with Crippen molar-refractivity contribution in [1.82, 2.24) is 4.67 Å². The van der Waals surface area contributed by atoms with Gasteiger partial charge in [-0.15, -0.1) is 0 Å². The molecule has 0 spiro atoms. The molecule has 0 bridgehead atoms. The summed E-state index contributed by atoms with van der Waals surface area (Å²) in [4.78, 5) is 35.6. The molecule has 7 nitrogen and oxygen atoms in total. The lowest BCUT2D eigenvalue weighted by atomic mass is 10.0. The Hall–Kier alpha value is 0.260. The Kier molecular flexibility index (Phi) is 4.72. The second-order valence-electron chi connectivity index (χ2n) is 4.00. The highest BCUT2D eigenvalue weighted by Crippen LogP contribution is 2.46. The Morgan fingerprint density at radius 2 is 1.75 bits per heavy atom. The van der Waals surface area contributed by atoms with Crippen molar-refractivity contribution in [1.29, 1.82) is 0 Å². The predicted octanol–water partition coefficient (Wildman–Crippen LogP) is 0.501. The Balaban J connectivity index is 2.61. The third-order valence-corrected chi connectivity index (χ3v) is 4.72. The fourth-order valence-electron chi connectivity index (χ4n) is 1.94. The van der Waals surface area contributed by atoms with E-state index < -0.39 is 21.4 Å². The van der Waals surface area contributed by atoms with E-state index in [0.717, 1.165) is 11.1 Å². The number of hydrogen-bond donors (Lipinski definition) is 4. The summed E-state index contributed by atoms with van der Waals surface area (Å²) in [5, 5.41) is 0. The van der Waals surface area contributed by atoms with Gasteiger partial charge in [0, 0.05) is 12.6 Å². The lowest BCUT2D eigenvalue weighted by Gasteiger charge is -2.35. The van der Waals surface area contributed by atoms with Crippen LogP contribution in [0.1, 0.15) is 25.7 Å². The summed E-state index contributed by atoms with van der Waals surface area (Å²) < 4.78 is 22.9. The lowest BCUT2D eigenvalue weighted by Crippen LogP contribution is -2.37. The zero-order chi connectivity index (χ0) is 12.4. The summed E-state index contributed by atoms with van der Waals surface area (Å²) in [5.41, 5.74) is 0. The van der Waals surface area contributed by atoms with Crippen LogP contribution in [0.15, 0.2) is 0 Å². The van der Waals surface area contributed by atoms with E-state index in [1.807, 2.05) is 0 Å². The first kappa shape index (κ1) is 14.3. The minimum Gasteiger partial charge on any atom is -0.324 e. The minimum absolute atomic E-state index is 0.120. The average Bonchev–Trinajstić information content (AvgIpc) is 2.12. The van der Waals surface area contributed by atoms with Crippen LogP contribution in [-0.2, 0) is 9.13 Å². The van der Waals surface area contributed by atoms with E-state index in [1.54, 1.807) is 0 Å². The fourth-order valence-corrected chi connectivity index (χ4v) is 3.63. The molecule has 4 N–H and O–H groups in total. The van der Waals surface area contributed by atoms with Crippen molar-refractivity contribution in [3.05, 3.63) is 0 Å². The van der Waals surface area contributed by atoms with Crippen LogP contribution < -0.4 is 0 Å². The summed E-state index contributed by atoms with van der Waals surface area (Å²) in [6, 6.07) is -0.429. The van der Waals surface area contributed by atoms with E-state index in [2.05, 4.69) is 0 Å². The Morgan fingerprint density at radius 3 is 2.25 bits per heavy atom. The summed E-state index contributed by atoms with van der Waals surface area (Å²) in [6.07, 6.45) is 1.91. The van der Waals surface area contributed by atoms with Gasteiger partial charge in [-0.25, -0.2) is 9.24 Å². The van der Waals surface area contributed by atoms with Gasteiger partial charge in [0.15, 0.2) is 0 Å². The van der Waals surface area contributed by atoms with Crippen LogP contribution in [0.4, 0.5) is 0 Å². The number of piperidine rings is 1. The Morgan fingerprint density at radius 1 is 1.12 bits per heavy atom. The average molecular weight is 273 g/mol. The molecule has 0 aliphatic carbocycles. The number of rotatable bonds is 4. The molecule has 1 heterocycles. The van der Waals surface area contributed by atoms with E-state index in [9.17, 15) is 9.13 Å². The Labute approximate surface area is 93.8 Å². The molecule has 0 aromatic carbocycles. The van der Waals surface area contributed by atoms with Gasteiger partial charge in [-0.3, -0.25) is 4.57 Å². The maximum Gasteiger partial charge on any atom is 0.403 e. The van der Waals surface area contributed by atoms with Gasteiger partial charge >= 0.3 is 15.3 Å². The molecule has 1 atom stereocenters. The highest BCUT2D eigenvalue weighted by molar-refractivity contribution is 7.51. The van der Waals surface area contributed by atoms with E-state index in [1.165, 1.54) is 0 Å². The van der Waals surface area contributed by atoms with Crippen LogP contribution in [0, 0.1) is 0 Å². The van der Waals surface area contributed by atoms with Crippen molar-refractivity contribution in [3.63, 3.8) is 0 Å². The maximum atomic E-state index is 11.1. The van der Waals surface area contributed by atoms with Gasteiger partial charge in [-0.2, -0.15) is 0 Å². The summed E-state index contributed by atoms with van der Waals surface area (Å²) >= 11 is 0. The summed E-state index contributed by atoms with van der Waals surface area (Å²) in [5.74, 6) is 0. The molecule has 1 rings (SSSR count). The highest BCUT2D eigenvalue weighted by Gasteiger charge is 2.35. The van der Waals surface area contributed by atoms with Crippen molar-refractivity contribution < 1.29 is 28.7 Å². The maximum absolute atomic E-state index is 11.1. The summed E-state index contributed by atoms with van der Waals surface area (Å²) in [7, 11) is -8.39. The first-order valence-electron chi connectivity index (χ1n) is 5.07. The third-order valence-electron chi connectivity index (χ3n) is 2.68. The van der Waals surface area contributed by atoms with Crippen LogP contribution in [0.3, 0.4) is 0 Å². The SMILES string of the molecule is O=P(O)(O)CCC1CCCCN1P(=O)(O)O. The van der Waals surface area contributed by atoms with Crippen molar-refractivity contribution in [3.8, 4) is 0 Å². The minimum atomic E-state index is -4.30. The first-order chi connectivity index (χ1) is 7.20. The molecular weight excluding hydrogens is 256 g/mol. The van der Waals surface area contributed by atoms with Gasteiger partial charge in [0.25, 0.3) is 0 Å². The molecule has 0 aromatic rings. The zero-order valence-corrected chi connectivity index (χ0v) is 10.6. The van der Waals surface area contributed by atoms with Gasteiger partial charge in [0.05, 0.1) is 6.16 Å². The smallest absolute Gasteiger partial charge is 0.324 e. The molecule has 0 radical (unpaired) electrons. The third kappa shape index (κ3) is 4.63. The van der Waals surface area contributed by atoms with E-state index in [-0.39, 0.29) is 19.1 Å². The molecule has 0 amide bonds. The van der Waals surface area contributed by atoms with Crippen LogP contribution in [-0.4, -0.2) is 43.0 Å². The molecule has 1 fully saturated rings. The van der Waals surface area contributed by atoms with Crippen molar-refractivity contribution in [2.45, 2.75) is 31.7 Å². The molecule has 1 saturated heterocycles. The van der Waals surface area contributed by atoms with Crippen LogP contribution >= 0.6 is 15.3 Å². The predicted molar refractivity (Wildman–Crippen MR) is 57.9 cm³/mol. The molecular formula is C7H17NO6P2. The molecule has 9 heteroatoms. The van der Waals surface area contributed by atoms with Gasteiger partial charge in [-0.05, 0) is 19.3 Å². The molecule has 0 aromatic heterocycles. The van der Waals surface area contributed by atoms with Gasteiger partial charge in [0.1, 0.15) is 0 Å². The van der Waals surface area contributed by atoms with Crippen LogP contribution in [0.2, 0.25) is 0 Å². The second-order valence-corrected chi connectivity index (χ2v) is 7.32. The topological polar surface area (TPSA) is 118 Å². The van der Waals surface area contributed by atoms with Crippen LogP contribution in [0.25, 0.3) is 0 Å². The van der Waals surface area contributed by atoms with Gasteiger partial charge in [0.2, 0.25) is 0 Å². The normalized spacial score (nSPS) is 24.6. The lowest BCUT2D eigenvalue weighted by molar-refractivity contribution is 0.183. The van der Waals surface area contributed by atoms with Crippen molar-refractivity contribution in [2.75, 3.05) is 12.7 Å². The molecule has 16 heavy (non-hydrogen) atoms. The molecule has 0 saturated carbocycles. The number of nitrogens with zero attached hydrogens (tertiary/aromatic N) is 1. The monoisotopic (exact) mass is 273 g/mol. The first-order valence-corrected chi connectivity index (χ1v) is 8.44. The largest absolute Gasteiger partial charge is 0.403 e. The van der Waals surface area contributed by atoms with Gasteiger partial charge in [-0.1, -0.05) is 6.42 Å². The molecule has 1 aliphatic rings. The van der Waals surface area contributed by atoms with Gasteiger partial charge < -0.3 is 19.6 Å². The van der Waals surface area contributed by atoms with E-state index in [4.69, 9.17) is 19.6 Å². The molecule has 1 unspecified atom stereocenters. The van der Waals surface area contributed by atoms with Crippen molar-refractivity contribution in [2.24, 2.45) is 0 Å².